The Morgan fingerprint density at radius 2 is 1.81 bits per heavy atom. The van der Waals surface area contributed by atoms with Gasteiger partial charge in [-0.05, 0) is 67.3 Å². The smallest absolute Gasteiger partial charge is 0.336 e. The van der Waals surface area contributed by atoms with Gasteiger partial charge in [-0.2, -0.15) is 0 Å². The number of carbonyl (C=O) groups is 1. The van der Waals surface area contributed by atoms with Gasteiger partial charge in [0.1, 0.15) is 11.4 Å². The minimum absolute atomic E-state index is 0.196. The minimum Gasteiger partial charge on any atom is -0.423 e. The molecule has 1 amide bonds. The zero-order valence-corrected chi connectivity index (χ0v) is 16.2. The number of anilines is 1. The largest absolute Gasteiger partial charge is 0.423 e. The molecule has 0 saturated heterocycles. The second-order valence-electron chi connectivity index (χ2n) is 6.53. The molecule has 1 N–H and O–H groups in total. The van der Waals surface area contributed by atoms with Crippen LogP contribution in [-0.2, 0) is 10.5 Å². The lowest BCUT2D eigenvalue weighted by Gasteiger charge is -2.09. The molecule has 0 fully saturated rings. The third-order valence-electron chi connectivity index (χ3n) is 4.39. The van der Waals surface area contributed by atoms with Crippen LogP contribution in [-0.4, -0.2) is 11.7 Å². The van der Waals surface area contributed by atoms with E-state index in [2.05, 4.69) is 5.32 Å². The number of hydrogen-bond donors (Lipinski definition) is 1. The normalized spacial score (nSPS) is 11.0. The second-order valence-corrected chi connectivity index (χ2v) is 7.51. The highest BCUT2D eigenvalue weighted by molar-refractivity contribution is 7.99. The quantitative estimate of drug-likeness (QED) is 0.645. The van der Waals surface area contributed by atoms with Gasteiger partial charge in [-0.3, -0.25) is 4.79 Å². The summed E-state index contributed by atoms with van der Waals surface area (Å²) in [5, 5.41) is 3.56. The standard InChI is InChI=1S/C21H20FNO3S/c1-12-4-5-16(9-18(12)22)23-20(24)11-27-10-15-8-21(25)26-19-7-14(3)13(2)6-17(15)19/h4-9H,10-11H2,1-3H3,(H,23,24). The fraction of sp³-hybridized carbons (Fsp3) is 0.238. The van der Waals surface area contributed by atoms with Crippen molar-refractivity contribution in [3.63, 3.8) is 0 Å². The lowest BCUT2D eigenvalue weighted by molar-refractivity contribution is -0.113. The van der Waals surface area contributed by atoms with Crippen LogP contribution < -0.4 is 10.9 Å². The van der Waals surface area contributed by atoms with E-state index >= 15 is 0 Å². The number of hydrogen-bond acceptors (Lipinski definition) is 4. The third kappa shape index (κ3) is 4.57. The Kier molecular flexibility index (Phi) is 5.65. The molecule has 4 nitrogen and oxygen atoms in total. The first kappa shape index (κ1) is 19.2. The molecule has 0 aliphatic rings. The molecule has 0 saturated carbocycles. The Morgan fingerprint density at radius 3 is 2.56 bits per heavy atom. The second kappa shape index (κ2) is 7.96. The summed E-state index contributed by atoms with van der Waals surface area (Å²) in [5.41, 5.74) is 4.12. The molecular formula is C21H20FNO3S. The molecule has 0 radical (unpaired) electrons. The van der Waals surface area contributed by atoms with Crippen LogP contribution in [0.5, 0.6) is 0 Å². The molecule has 1 aromatic heterocycles. The molecule has 0 aliphatic heterocycles. The summed E-state index contributed by atoms with van der Waals surface area (Å²) in [6.45, 7) is 5.64. The van der Waals surface area contributed by atoms with Gasteiger partial charge in [-0.25, -0.2) is 9.18 Å². The van der Waals surface area contributed by atoms with Crippen molar-refractivity contribution in [2.75, 3.05) is 11.1 Å². The van der Waals surface area contributed by atoms with Crippen molar-refractivity contribution in [1.29, 1.82) is 0 Å². The molecule has 1 heterocycles. The summed E-state index contributed by atoms with van der Waals surface area (Å²) >= 11 is 1.39. The SMILES string of the molecule is Cc1cc2oc(=O)cc(CSCC(=O)Nc3ccc(C)c(F)c3)c2cc1C. The maximum absolute atomic E-state index is 13.6. The first-order valence-corrected chi connectivity index (χ1v) is 9.66. The summed E-state index contributed by atoms with van der Waals surface area (Å²) < 4.78 is 18.8. The maximum atomic E-state index is 13.6. The summed E-state index contributed by atoms with van der Waals surface area (Å²) in [7, 11) is 0. The van der Waals surface area contributed by atoms with Crippen molar-refractivity contribution in [2.24, 2.45) is 0 Å². The average Bonchev–Trinajstić information content (AvgIpc) is 2.60. The van der Waals surface area contributed by atoms with Gasteiger partial charge in [-0.1, -0.05) is 6.07 Å². The molecule has 0 spiro atoms. The van der Waals surface area contributed by atoms with Gasteiger partial charge in [0.05, 0.1) is 5.75 Å². The number of fused-ring (bicyclic) bond motifs is 1. The van der Waals surface area contributed by atoms with E-state index in [0.29, 0.717) is 22.6 Å². The fourth-order valence-corrected chi connectivity index (χ4v) is 3.54. The van der Waals surface area contributed by atoms with Crippen LogP contribution in [0, 0.1) is 26.6 Å². The van der Waals surface area contributed by atoms with E-state index in [1.807, 2.05) is 26.0 Å². The first-order chi connectivity index (χ1) is 12.8. The lowest BCUT2D eigenvalue weighted by atomic mass is 10.0. The monoisotopic (exact) mass is 385 g/mol. The van der Waals surface area contributed by atoms with Crippen LogP contribution in [0.15, 0.2) is 45.6 Å². The van der Waals surface area contributed by atoms with Gasteiger partial charge in [0, 0.05) is 22.9 Å². The van der Waals surface area contributed by atoms with Crippen LogP contribution >= 0.6 is 11.8 Å². The molecule has 0 aliphatic carbocycles. The van der Waals surface area contributed by atoms with Gasteiger partial charge in [-0.15, -0.1) is 11.8 Å². The molecule has 0 atom stereocenters. The number of nitrogens with one attached hydrogen (secondary N) is 1. The number of carbonyl (C=O) groups excluding carboxylic acids is 1. The van der Waals surface area contributed by atoms with Gasteiger partial charge >= 0.3 is 5.63 Å². The van der Waals surface area contributed by atoms with Gasteiger partial charge < -0.3 is 9.73 Å². The number of aryl methyl sites for hydroxylation is 3. The van der Waals surface area contributed by atoms with E-state index in [0.717, 1.165) is 22.1 Å². The van der Waals surface area contributed by atoms with E-state index in [-0.39, 0.29) is 17.5 Å². The molecule has 3 aromatic rings. The summed E-state index contributed by atoms with van der Waals surface area (Å²) in [6.07, 6.45) is 0. The van der Waals surface area contributed by atoms with Crippen LogP contribution in [0.4, 0.5) is 10.1 Å². The highest BCUT2D eigenvalue weighted by Crippen LogP contribution is 2.24. The predicted molar refractivity (Wildman–Crippen MR) is 108 cm³/mol. The Morgan fingerprint density at radius 1 is 1.07 bits per heavy atom. The maximum Gasteiger partial charge on any atom is 0.336 e. The van der Waals surface area contributed by atoms with Gasteiger partial charge in [0.15, 0.2) is 0 Å². The molecule has 0 bridgehead atoms. The number of thioether (sulfide) groups is 1. The number of rotatable bonds is 5. The fourth-order valence-electron chi connectivity index (χ4n) is 2.72. The molecule has 140 valence electrons. The van der Waals surface area contributed by atoms with Crippen molar-refractivity contribution in [3.8, 4) is 0 Å². The lowest BCUT2D eigenvalue weighted by Crippen LogP contribution is -2.14. The topological polar surface area (TPSA) is 59.3 Å². The first-order valence-electron chi connectivity index (χ1n) is 8.51. The summed E-state index contributed by atoms with van der Waals surface area (Å²) in [4.78, 5) is 23.9. The number of benzene rings is 2. The number of halogens is 1. The Bertz CT molecular complexity index is 1070. The van der Waals surface area contributed by atoms with Crippen molar-refractivity contribution in [2.45, 2.75) is 26.5 Å². The van der Waals surface area contributed by atoms with Crippen molar-refractivity contribution >= 4 is 34.3 Å². The molecular weight excluding hydrogens is 365 g/mol. The van der Waals surface area contributed by atoms with Gasteiger partial charge in [0.25, 0.3) is 0 Å². The van der Waals surface area contributed by atoms with E-state index in [9.17, 15) is 14.0 Å². The molecule has 3 rings (SSSR count). The van der Waals surface area contributed by atoms with Crippen LogP contribution in [0.1, 0.15) is 22.3 Å². The highest BCUT2D eigenvalue weighted by Gasteiger charge is 2.10. The zero-order valence-electron chi connectivity index (χ0n) is 15.4. The van der Waals surface area contributed by atoms with Crippen molar-refractivity contribution < 1.29 is 13.6 Å². The third-order valence-corrected chi connectivity index (χ3v) is 5.37. The van der Waals surface area contributed by atoms with E-state index in [4.69, 9.17) is 4.42 Å². The zero-order chi connectivity index (χ0) is 19.6. The molecule has 6 heteroatoms. The highest BCUT2D eigenvalue weighted by atomic mass is 32.2. The summed E-state index contributed by atoms with van der Waals surface area (Å²) in [6, 6.07) is 9.92. The van der Waals surface area contributed by atoms with Crippen LogP contribution in [0.3, 0.4) is 0 Å². The molecule has 0 unspecified atom stereocenters. The summed E-state index contributed by atoms with van der Waals surface area (Å²) in [5.74, 6) is 0.124. The van der Waals surface area contributed by atoms with Crippen molar-refractivity contribution in [3.05, 3.63) is 74.9 Å². The van der Waals surface area contributed by atoms with E-state index < -0.39 is 5.63 Å². The average molecular weight is 385 g/mol. The predicted octanol–water partition coefficient (Wildman–Crippen LogP) is 4.73. The Hall–Kier alpha value is -2.60. The molecule has 27 heavy (non-hydrogen) atoms. The Labute approximate surface area is 160 Å². The van der Waals surface area contributed by atoms with E-state index in [1.165, 1.54) is 23.9 Å². The van der Waals surface area contributed by atoms with Gasteiger partial charge in [0.2, 0.25) is 5.91 Å². The minimum atomic E-state index is -0.402. The number of amides is 1. The van der Waals surface area contributed by atoms with Crippen molar-refractivity contribution in [1.82, 2.24) is 0 Å². The molecule has 2 aromatic carbocycles. The van der Waals surface area contributed by atoms with Crippen LogP contribution in [0.25, 0.3) is 11.0 Å². The van der Waals surface area contributed by atoms with E-state index in [1.54, 1.807) is 19.1 Å². The Balaban J connectivity index is 1.68. The van der Waals surface area contributed by atoms with Crippen LogP contribution in [0.2, 0.25) is 0 Å².